The molecule has 0 saturated heterocycles. The van der Waals surface area contributed by atoms with Crippen LogP contribution < -0.4 is 34.9 Å². The Balaban J connectivity index is 0.00000256. The molecule has 0 bridgehead atoms. The average molecular weight is 462 g/mol. The average Bonchev–Trinajstić information content (AvgIpc) is 3.34. The van der Waals surface area contributed by atoms with Crippen molar-refractivity contribution in [3.63, 3.8) is 0 Å². The summed E-state index contributed by atoms with van der Waals surface area (Å²) in [6, 6.07) is 10.6. The zero-order valence-electron chi connectivity index (χ0n) is 18.2. The first-order valence-corrected chi connectivity index (χ1v) is 9.69. The van der Waals surface area contributed by atoms with Crippen molar-refractivity contribution in [2.45, 2.75) is 39.4 Å². The molecule has 0 aliphatic heterocycles. The Morgan fingerprint density at radius 3 is 2.62 bits per heavy atom. The third kappa shape index (κ3) is 6.19. The molecule has 2 aromatic heterocycles. The Kier molecular flexibility index (Phi) is 10.1. The Hall–Kier alpha value is -2.66. The summed E-state index contributed by atoms with van der Waals surface area (Å²) < 4.78 is 3.40. The number of nitrogens with zero attached hydrogens (tertiary/aromatic N) is 6. The van der Waals surface area contributed by atoms with Crippen LogP contribution in [-0.2, 0) is 6.54 Å². The van der Waals surface area contributed by atoms with Gasteiger partial charge in [0.05, 0.1) is 28.9 Å². The molecule has 0 fully saturated rings. The second kappa shape index (κ2) is 11.8. The fraction of sp³-hybridized carbons (Fsp3) is 0.286. The van der Waals surface area contributed by atoms with E-state index in [1.165, 1.54) is 0 Å². The molecule has 0 radical (unpaired) electrons. The van der Waals surface area contributed by atoms with Gasteiger partial charge in [0, 0.05) is 24.0 Å². The number of nitriles is 2. The fourth-order valence-corrected chi connectivity index (χ4v) is 3.28. The summed E-state index contributed by atoms with van der Waals surface area (Å²) >= 11 is 6.10. The molecule has 160 valence electrons. The number of hydrogen-bond donors (Lipinski definition) is 1. The van der Waals surface area contributed by atoms with Gasteiger partial charge in [-0.25, -0.2) is 4.98 Å². The molecule has 3 aromatic rings. The van der Waals surface area contributed by atoms with Gasteiger partial charge in [-0.15, -0.1) is 0 Å². The molecule has 0 saturated carbocycles. The van der Waals surface area contributed by atoms with Gasteiger partial charge in [-0.05, 0) is 39.0 Å². The van der Waals surface area contributed by atoms with Gasteiger partial charge in [0.2, 0.25) is 0 Å². The third-order valence-electron chi connectivity index (χ3n) is 4.62. The number of rotatable bonds is 6. The number of halogens is 1. The summed E-state index contributed by atoms with van der Waals surface area (Å²) in [6.07, 6.45) is 3.41. The predicted octanol–water partition coefficient (Wildman–Crippen LogP) is 0.310. The largest absolute Gasteiger partial charge is 1.00 e. The van der Waals surface area contributed by atoms with E-state index in [-0.39, 0.29) is 52.7 Å². The molecule has 1 aromatic carbocycles. The number of amides is 1. The first kappa shape index (κ1) is 27.4. The van der Waals surface area contributed by atoms with Crippen molar-refractivity contribution in [3.8, 4) is 23.4 Å². The molecular weight excluding hydrogens is 441 g/mol. The van der Waals surface area contributed by atoms with E-state index < -0.39 is 6.04 Å². The molecule has 2 N–H and O–H groups in total. The maximum absolute atomic E-state index is 12.5. The van der Waals surface area contributed by atoms with Gasteiger partial charge < -0.3 is 15.4 Å². The molecule has 9 nitrogen and oxygen atoms in total. The van der Waals surface area contributed by atoms with Gasteiger partial charge in [0.15, 0.2) is 0 Å². The van der Waals surface area contributed by atoms with Crippen molar-refractivity contribution in [1.82, 2.24) is 24.6 Å². The molecule has 32 heavy (non-hydrogen) atoms. The summed E-state index contributed by atoms with van der Waals surface area (Å²) in [5, 5.41) is 25.8. The van der Waals surface area contributed by atoms with E-state index in [1.807, 2.05) is 25.3 Å². The van der Waals surface area contributed by atoms with Crippen LogP contribution in [0.4, 0.5) is 0 Å². The van der Waals surface area contributed by atoms with Crippen LogP contribution >= 0.6 is 11.6 Å². The maximum Gasteiger partial charge on any atom is 1.00 e. The van der Waals surface area contributed by atoms with Gasteiger partial charge in [-0.1, -0.05) is 17.7 Å². The predicted molar refractivity (Wildman–Crippen MR) is 114 cm³/mol. The van der Waals surface area contributed by atoms with E-state index in [4.69, 9.17) is 22.1 Å². The van der Waals surface area contributed by atoms with Crippen molar-refractivity contribution in [2.75, 3.05) is 0 Å². The minimum atomic E-state index is -0.394. The Morgan fingerprint density at radius 2 is 2.00 bits per heavy atom. The minimum Gasteiger partial charge on any atom is -0.870 e. The van der Waals surface area contributed by atoms with Crippen molar-refractivity contribution < 1.29 is 39.8 Å². The maximum atomic E-state index is 12.5. The van der Waals surface area contributed by atoms with E-state index in [0.29, 0.717) is 23.0 Å². The Labute approximate surface area is 213 Å². The summed E-state index contributed by atoms with van der Waals surface area (Å²) in [7, 11) is 0. The van der Waals surface area contributed by atoms with E-state index in [9.17, 15) is 4.79 Å². The van der Waals surface area contributed by atoms with Crippen LogP contribution in [0.3, 0.4) is 0 Å². The number of carbonyl (C=O) groups is 1. The fourth-order valence-electron chi connectivity index (χ4n) is 3.06. The van der Waals surface area contributed by atoms with Gasteiger partial charge in [-0.2, -0.15) is 15.6 Å². The third-order valence-corrected chi connectivity index (χ3v) is 4.93. The van der Waals surface area contributed by atoms with E-state index in [0.717, 1.165) is 11.3 Å². The number of benzene rings is 1. The summed E-state index contributed by atoms with van der Waals surface area (Å²) in [4.78, 5) is 16.8. The SMILES string of the molecule is Cc1nc(C(=O)N[C@@H](C)Cn2ccc(-c3ccc(C#N)c(Cl)c3)n2)cn1C(C)C#N.[Na+].[OH-]. The van der Waals surface area contributed by atoms with Crippen LogP contribution in [0.25, 0.3) is 11.3 Å². The monoisotopic (exact) mass is 461 g/mol. The van der Waals surface area contributed by atoms with Crippen LogP contribution in [-0.4, -0.2) is 36.8 Å². The topological polar surface area (TPSA) is 142 Å². The first-order valence-electron chi connectivity index (χ1n) is 9.31. The van der Waals surface area contributed by atoms with Crippen LogP contribution in [0.5, 0.6) is 0 Å². The van der Waals surface area contributed by atoms with E-state index in [1.54, 1.807) is 47.5 Å². The summed E-state index contributed by atoms with van der Waals surface area (Å²) in [5.74, 6) is 0.306. The zero-order chi connectivity index (χ0) is 21.8. The summed E-state index contributed by atoms with van der Waals surface area (Å²) in [5.41, 5.74) is 2.22. The molecule has 0 aliphatic rings. The van der Waals surface area contributed by atoms with E-state index in [2.05, 4.69) is 21.5 Å². The molecular formula is C21H21ClN7NaO2. The summed E-state index contributed by atoms with van der Waals surface area (Å²) in [6.45, 7) is 5.84. The number of aromatic nitrogens is 4. The molecule has 0 aliphatic carbocycles. The van der Waals surface area contributed by atoms with Crippen molar-refractivity contribution in [2.24, 2.45) is 0 Å². The van der Waals surface area contributed by atoms with Crippen molar-refractivity contribution in [1.29, 1.82) is 10.5 Å². The van der Waals surface area contributed by atoms with Gasteiger partial charge in [0.25, 0.3) is 5.91 Å². The molecule has 2 atom stereocenters. The zero-order valence-corrected chi connectivity index (χ0v) is 21.0. The van der Waals surface area contributed by atoms with E-state index >= 15 is 0 Å². The quantitative estimate of drug-likeness (QED) is 0.523. The first-order chi connectivity index (χ1) is 14.3. The van der Waals surface area contributed by atoms with Crippen LogP contribution in [0.2, 0.25) is 5.02 Å². The number of carbonyl (C=O) groups excluding carboxylic acids is 1. The van der Waals surface area contributed by atoms with Gasteiger partial charge >= 0.3 is 29.6 Å². The molecule has 3 rings (SSSR count). The molecule has 2 heterocycles. The number of imidazole rings is 1. The number of nitrogens with one attached hydrogen (secondary N) is 1. The molecule has 0 spiro atoms. The van der Waals surface area contributed by atoms with Crippen LogP contribution in [0.15, 0.2) is 36.7 Å². The number of hydrogen-bond acceptors (Lipinski definition) is 6. The molecule has 1 unspecified atom stereocenters. The smallest absolute Gasteiger partial charge is 0.870 e. The standard InChI is InChI=1S/C21H20ClN7O.Na.H2O/c1-13(25-21(30)20-12-29(14(2)9-23)15(3)26-20)11-28-7-6-19(27-28)16-4-5-17(10-24)18(22)8-16;;/h4-8,12-14H,11H2,1-3H3,(H,25,30);;1H2/q;+1;/p-1/t13-,14?;;/m0../s1. The van der Waals surface area contributed by atoms with Gasteiger partial charge in [0.1, 0.15) is 23.6 Å². The molecule has 11 heteroatoms. The molecule has 1 amide bonds. The second-order valence-corrected chi connectivity index (χ2v) is 7.40. The van der Waals surface area contributed by atoms with Crippen LogP contribution in [0.1, 0.15) is 41.8 Å². The van der Waals surface area contributed by atoms with Crippen molar-refractivity contribution in [3.05, 3.63) is 58.8 Å². The second-order valence-electron chi connectivity index (χ2n) is 6.99. The minimum absolute atomic E-state index is 0. The van der Waals surface area contributed by atoms with Crippen LogP contribution in [0, 0.1) is 29.6 Å². The number of aryl methyl sites for hydroxylation is 1. The Bertz CT molecular complexity index is 1180. The normalized spacial score (nSPS) is 11.8. The van der Waals surface area contributed by atoms with Crippen molar-refractivity contribution >= 4 is 17.5 Å². The Morgan fingerprint density at radius 1 is 1.28 bits per heavy atom. The van der Waals surface area contributed by atoms with Gasteiger partial charge in [-0.3, -0.25) is 9.48 Å².